The summed E-state index contributed by atoms with van der Waals surface area (Å²) in [5.74, 6) is 0.000252. The Balaban J connectivity index is 0.000000310. The summed E-state index contributed by atoms with van der Waals surface area (Å²) in [7, 11) is -5.72. The van der Waals surface area contributed by atoms with Crippen LogP contribution in [0.1, 0.15) is 103 Å². The number of alkyl carbamates (subject to hydrolysis) is 1. The van der Waals surface area contributed by atoms with E-state index in [4.69, 9.17) is 33.3 Å². The zero-order valence-corrected chi connectivity index (χ0v) is 48.7. The molecule has 4 aromatic rings. The maximum atomic E-state index is 13.2. The molecule has 6 rings (SSSR count). The summed E-state index contributed by atoms with van der Waals surface area (Å²) in [6.07, 6.45) is -1.75. The van der Waals surface area contributed by atoms with Crippen molar-refractivity contribution in [2.24, 2.45) is 5.92 Å². The molecule has 2 aliphatic heterocycles. The van der Waals surface area contributed by atoms with Gasteiger partial charge in [0.2, 0.25) is 6.08 Å². The van der Waals surface area contributed by atoms with Crippen molar-refractivity contribution in [1.82, 2.24) is 15.1 Å². The van der Waals surface area contributed by atoms with Gasteiger partial charge >= 0.3 is 18.3 Å². The second-order valence-electron chi connectivity index (χ2n) is 23.1. The van der Waals surface area contributed by atoms with Gasteiger partial charge in [-0.15, -0.1) is 0 Å². The summed E-state index contributed by atoms with van der Waals surface area (Å²) in [5.41, 5.74) is -1.33. The van der Waals surface area contributed by atoms with Crippen LogP contribution in [-0.4, -0.2) is 135 Å². The Hall–Kier alpha value is -5.66. The molecule has 0 unspecified atom stereocenters. The van der Waals surface area contributed by atoms with Crippen molar-refractivity contribution in [2.45, 2.75) is 155 Å². The molecule has 17 heteroatoms. The molecule has 0 aliphatic carbocycles. The van der Waals surface area contributed by atoms with Gasteiger partial charge in [-0.3, -0.25) is 9.80 Å². The van der Waals surface area contributed by atoms with Gasteiger partial charge in [0.15, 0.2) is 0 Å². The van der Waals surface area contributed by atoms with Gasteiger partial charge in [0, 0.05) is 12.5 Å². The normalized spacial score (nSPS) is 20.1. The second-order valence-corrected chi connectivity index (χ2v) is 31.7. The number of rotatable bonds is 13. The van der Waals surface area contributed by atoms with E-state index in [1.165, 1.54) is 15.3 Å². The van der Waals surface area contributed by atoms with Gasteiger partial charge in [0.05, 0.1) is 56.7 Å². The molecule has 2 aliphatic rings. The fourth-order valence-corrected chi connectivity index (χ4v) is 19.3. The number of nitrogens with one attached hydrogen (secondary N) is 2. The summed E-state index contributed by atoms with van der Waals surface area (Å²) in [6, 6.07) is 39.3. The molecular weight excluding hydrogens is 985 g/mol. The first-order valence-corrected chi connectivity index (χ1v) is 29.8. The number of aliphatic hydroxyl groups is 2. The minimum atomic E-state index is -2.94. The molecule has 15 nitrogen and oxygen atoms in total. The largest absolute Gasteiger partial charge is 0.450 e. The Labute approximate surface area is 448 Å². The fraction of sp³-hybridized carbons (Fsp3) is 0.517. The van der Waals surface area contributed by atoms with Crippen LogP contribution in [0.25, 0.3) is 0 Å². The zero-order valence-electron chi connectivity index (χ0n) is 46.7. The number of hydrogen-bond acceptors (Lipinski definition) is 12. The molecule has 410 valence electrons. The van der Waals surface area contributed by atoms with Crippen molar-refractivity contribution in [3.63, 3.8) is 0 Å². The third-order valence-corrected chi connectivity index (χ3v) is 23.4. The number of nitrogens with zero attached hydrogens (tertiary/aromatic N) is 2. The van der Waals surface area contributed by atoms with E-state index in [2.05, 4.69) is 120 Å². The first-order valence-electron chi connectivity index (χ1n) is 25.9. The molecule has 2 heterocycles. The number of likely N-dealkylation sites (tertiary alicyclic amines) is 2. The van der Waals surface area contributed by atoms with Crippen LogP contribution in [0.3, 0.4) is 0 Å². The Morgan fingerprint density at radius 2 is 0.933 bits per heavy atom. The third kappa shape index (κ3) is 15.5. The number of β-amino-alcohol motifs (C(OH)–C–C–N with tert-alkyl or cyclic N) is 1. The van der Waals surface area contributed by atoms with Crippen LogP contribution in [0.2, 0.25) is 10.1 Å². The van der Waals surface area contributed by atoms with Crippen molar-refractivity contribution in [3.05, 3.63) is 121 Å². The standard InChI is InChI=1S/C29H42N2O6Si.C28H41NO4Si.CHNO/c1-8-35-26(33)30-25-23(31(19-24(25)32)27(34)37-28(2,3)4)20-36-38(29(5,6)7,21-15-11-9-12-16-21)22-17-13-10-14-18-22;1-8-21-19-29(26(31)33-27(2,3)4)24(25(21)30)20-32-34(28(5,6)7,22-15-11-9-12-16-22)23-17-13-10-14-18-23;2-1-3/h9-18,23-25,32H,8,19-20H2,1-7H3,(H,30,33);9-18,21,24-25,30H,8,19-20H2,1-7H3;2H/t23-,24+,25-;21-,24+,25-;/m10./s1. The molecule has 0 bridgehead atoms. The average Bonchev–Trinajstić information content (AvgIpc) is 3.83. The van der Waals surface area contributed by atoms with Gasteiger partial charge in [-0.2, -0.15) is 0 Å². The van der Waals surface area contributed by atoms with E-state index in [-0.39, 0.29) is 42.4 Å². The molecule has 6 atom stereocenters. The van der Waals surface area contributed by atoms with E-state index >= 15 is 0 Å². The van der Waals surface area contributed by atoms with E-state index in [1.807, 2.05) is 76.2 Å². The first-order chi connectivity index (χ1) is 35.1. The Morgan fingerprint density at radius 1 is 0.600 bits per heavy atom. The number of carbonyl (C=O) groups is 3. The average molecular weight is 1070 g/mol. The smallest absolute Gasteiger partial charge is 0.410 e. The van der Waals surface area contributed by atoms with E-state index in [1.54, 1.807) is 32.6 Å². The number of isocyanates is 1. The van der Waals surface area contributed by atoms with Crippen LogP contribution in [0, 0.1) is 11.3 Å². The Kier molecular flexibility index (Phi) is 21.8. The Bertz CT molecular complexity index is 2360. The van der Waals surface area contributed by atoms with Crippen LogP contribution >= 0.6 is 0 Å². The lowest BCUT2D eigenvalue weighted by Gasteiger charge is -2.44. The van der Waals surface area contributed by atoms with Crippen molar-refractivity contribution in [3.8, 4) is 0 Å². The zero-order chi connectivity index (χ0) is 56.0. The van der Waals surface area contributed by atoms with Crippen LogP contribution in [0.5, 0.6) is 0 Å². The highest BCUT2D eigenvalue weighted by Gasteiger charge is 2.54. The molecule has 2 saturated heterocycles. The third-order valence-electron chi connectivity index (χ3n) is 13.4. The monoisotopic (exact) mass is 1070 g/mol. The highest BCUT2D eigenvalue weighted by atomic mass is 28.4. The van der Waals surface area contributed by atoms with Gasteiger partial charge in [0.25, 0.3) is 16.6 Å². The number of hydrogen-bond donors (Lipinski definition) is 4. The number of benzene rings is 4. The molecule has 4 aromatic carbocycles. The summed E-state index contributed by atoms with van der Waals surface area (Å²) in [6.45, 7) is 28.9. The molecule has 4 N–H and O–H groups in total. The van der Waals surface area contributed by atoms with Gasteiger partial charge in [-0.25, -0.2) is 24.6 Å². The van der Waals surface area contributed by atoms with Crippen molar-refractivity contribution >= 4 is 61.7 Å². The van der Waals surface area contributed by atoms with Crippen LogP contribution in [0.15, 0.2) is 121 Å². The summed E-state index contributed by atoms with van der Waals surface area (Å²) in [5, 5.41) is 34.4. The lowest BCUT2D eigenvalue weighted by Crippen LogP contribution is -2.68. The van der Waals surface area contributed by atoms with Gasteiger partial charge in [0.1, 0.15) is 11.2 Å². The molecule has 0 aromatic heterocycles. The molecule has 3 amide bonds. The SMILES string of the molecule is CCOC(=O)N[C@@H]1[C@@H](CO[Si](c2ccccc2)(c2ccccc2)C(C)(C)C)N(C(=O)OC(C)(C)C)C[C@@H]1O.CC[C@H]1CN(C(=O)OC(C)(C)C)[C@H](CO[Si](c2ccccc2)(c2ccccc2)C(C)(C)C)[C@H]1O.N=C=O. The predicted molar refractivity (Wildman–Crippen MR) is 299 cm³/mol. The maximum absolute atomic E-state index is 13.2. The maximum Gasteiger partial charge on any atom is 0.410 e. The van der Waals surface area contributed by atoms with E-state index in [9.17, 15) is 24.6 Å². The van der Waals surface area contributed by atoms with E-state index in [0.717, 1.165) is 22.9 Å². The van der Waals surface area contributed by atoms with Crippen molar-refractivity contribution in [2.75, 3.05) is 32.9 Å². The van der Waals surface area contributed by atoms with Gasteiger partial charge in [-0.1, -0.05) is 170 Å². The topological polar surface area (TPSA) is 197 Å². The lowest BCUT2D eigenvalue weighted by molar-refractivity contribution is 0.00709. The van der Waals surface area contributed by atoms with E-state index < -0.39 is 76.5 Å². The fourth-order valence-electron chi connectivity index (χ4n) is 10.2. The Morgan fingerprint density at radius 3 is 1.24 bits per heavy atom. The highest BCUT2D eigenvalue weighted by molar-refractivity contribution is 7.00. The van der Waals surface area contributed by atoms with Crippen LogP contribution < -0.4 is 26.1 Å². The lowest BCUT2D eigenvalue weighted by atomic mass is 10.00. The number of carbonyl (C=O) groups excluding carboxylic acids is 4. The number of aliphatic hydroxyl groups excluding tert-OH is 2. The highest BCUT2D eigenvalue weighted by Crippen LogP contribution is 2.39. The molecule has 0 saturated carbocycles. The van der Waals surface area contributed by atoms with E-state index in [0.29, 0.717) is 6.54 Å². The number of ether oxygens (including phenoxy) is 3. The summed E-state index contributed by atoms with van der Waals surface area (Å²) in [4.78, 5) is 50.2. The molecule has 0 spiro atoms. The van der Waals surface area contributed by atoms with Crippen molar-refractivity contribution in [1.29, 1.82) is 5.41 Å². The van der Waals surface area contributed by atoms with Gasteiger partial charge < -0.3 is 38.6 Å². The summed E-state index contributed by atoms with van der Waals surface area (Å²) >= 11 is 0. The summed E-state index contributed by atoms with van der Waals surface area (Å²) < 4.78 is 30.6. The van der Waals surface area contributed by atoms with Crippen molar-refractivity contribution < 1.29 is 52.5 Å². The predicted octanol–water partition coefficient (Wildman–Crippen LogP) is 8.13. The van der Waals surface area contributed by atoms with Crippen LogP contribution in [-0.2, 0) is 27.9 Å². The molecular formula is C58H84N4O11Si2. The second kappa shape index (κ2) is 26.4. The minimum absolute atomic E-state index is 0.000252. The first kappa shape index (κ1) is 61.9. The minimum Gasteiger partial charge on any atom is -0.450 e. The van der Waals surface area contributed by atoms with Gasteiger partial charge in [-0.05, 0) is 85.7 Å². The molecule has 2 fully saturated rings. The molecule has 0 radical (unpaired) electrons. The van der Waals surface area contributed by atoms with Crippen LogP contribution in [0.4, 0.5) is 14.4 Å². The number of amides is 3. The quantitative estimate of drug-likeness (QED) is 0.0437. The molecule has 75 heavy (non-hydrogen) atoms.